The molecule has 0 aliphatic heterocycles. The van der Waals surface area contributed by atoms with Crippen LogP contribution in [0.25, 0.3) is 33.7 Å². The second-order valence-electron chi connectivity index (χ2n) is 11.7. The monoisotopic (exact) mass is 914 g/mol. The molecule has 0 unspecified atom stereocenters. The van der Waals surface area contributed by atoms with Crippen molar-refractivity contribution < 1.29 is 27.6 Å². The maximum Gasteiger partial charge on any atom is 0.488 e. The molecule has 0 amide bonds. The molecular formula is C36H26BCl2F4IN10O2. The van der Waals surface area contributed by atoms with Gasteiger partial charge in [-0.15, -0.1) is 0 Å². The van der Waals surface area contributed by atoms with Crippen molar-refractivity contribution in [3.63, 3.8) is 0 Å². The number of hydrogen-bond acceptors (Lipinski definition) is 10. The molecule has 20 heteroatoms. The van der Waals surface area contributed by atoms with E-state index in [9.17, 15) is 17.6 Å². The van der Waals surface area contributed by atoms with Gasteiger partial charge in [0.05, 0.1) is 12.7 Å². The lowest BCUT2D eigenvalue weighted by molar-refractivity contribution is 0.426. The number of fused-ring (bicyclic) bond motifs is 2. The Hall–Kier alpha value is -5.41. The quantitative estimate of drug-likeness (QED) is 0.0565. The number of nitrogens with one attached hydrogen (secondary N) is 2. The topological polar surface area (TPSA) is 152 Å². The number of rotatable bonds is 6. The molecule has 0 spiro atoms. The summed E-state index contributed by atoms with van der Waals surface area (Å²) in [4.78, 5) is 25.7. The Kier molecular flexibility index (Phi) is 12.6. The zero-order chi connectivity index (χ0) is 40.1. The molecule has 0 atom stereocenters. The number of para-hydroxylation sites is 2. The molecule has 0 fully saturated rings. The zero-order valence-corrected chi connectivity index (χ0v) is 32.6. The highest BCUT2D eigenvalue weighted by molar-refractivity contribution is 14.1. The average Bonchev–Trinajstić information content (AvgIpc) is 3.73. The molecule has 0 bridgehead atoms. The fraction of sp³-hybridized carbons (Fsp3) is 0.0556. The molecule has 4 aromatic carbocycles. The molecule has 4 heterocycles. The molecule has 0 saturated carbocycles. The first-order valence-electron chi connectivity index (χ1n) is 16.1. The van der Waals surface area contributed by atoms with E-state index in [-0.39, 0.29) is 23.0 Å². The third-order valence-corrected chi connectivity index (χ3v) is 8.69. The van der Waals surface area contributed by atoms with Crippen LogP contribution in [-0.2, 0) is 14.1 Å². The lowest BCUT2D eigenvalue weighted by Gasteiger charge is -2.10. The van der Waals surface area contributed by atoms with Crippen molar-refractivity contribution in [2.75, 3.05) is 10.6 Å². The van der Waals surface area contributed by atoms with Gasteiger partial charge in [0.15, 0.2) is 43.6 Å². The Balaban J connectivity index is 0.000000156. The van der Waals surface area contributed by atoms with Gasteiger partial charge in [-0.05, 0) is 54.0 Å². The number of aryl methyl sites for hydroxylation is 2. The predicted octanol–water partition coefficient (Wildman–Crippen LogP) is 7.72. The van der Waals surface area contributed by atoms with Crippen molar-refractivity contribution in [1.29, 1.82) is 0 Å². The molecule has 4 aromatic heterocycles. The molecular weight excluding hydrogens is 889 g/mol. The second-order valence-corrected chi connectivity index (χ2v) is 13.5. The number of imidazole rings is 2. The standard InChI is InChI=1S/C18H12ClF2N5.C12H8F2IN5.C6H6BClO2/c1-26-9-22-15-17(23-14-12(20)6-3-7-13(14)21)24-16(25-18(15)26)10-4-2-5-11(19)8-10;1-20-5-16-9-10(18-12(15)19-11(9)20)17-8-6(13)3-2-4-7(8)14;8-6-3-1-2-5(4-6)7(9)10/h2-9H,1H3,(H,23,24,25);2-5H,1H3,(H,17,18,19);1-4,9-10H. The van der Waals surface area contributed by atoms with Crippen LogP contribution in [0.15, 0.2) is 97.6 Å². The lowest BCUT2D eigenvalue weighted by Crippen LogP contribution is -2.29. The van der Waals surface area contributed by atoms with E-state index in [1.165, 1.54) is 42.5 Å². The van der Waals surface area contributed by atoms with E-state index >= 15 is 0 Å². The maximum atomic E-state index is 14.0. The minimum atomic E-state index is -1.43. The van der Waals surface area contributed by atoms with E-state index in [0.29, 0.717) is 53.1 Å². The normalized spacial score (nSPS) is 10.8. The fourth-order valence-electron chi connectivity index (χ4n) is 5.06. The summed E-state index contributed by atoms with van der Waals surface area (Å²) in [6, 6.07) is 20.7. The summed E-state index contributed by atoms with van der Waals surface area (Å²) >= 11 is 13.6. The van der Waals surface area contributed by atoms with Gasteiger partial charge >= 0.3 is 7.12 Å². The van der Waals surface area contributed by atoms with Gasteiger partial charge in [-0.25, -0.2) is 47.5 Å². The number of halogens is 7. The molecule has 0 radical (unpaired) electrons. The Morgan fingerprint density at radius 3 is 1.57 bits per heavy atom. The minimum Gasteiger partial charge on any atom is -0.423 e. The Morgan fingerprint density at radius 2 is 1.09 bits per heavy atom. The van der Waals surface area contributed by atoms with E-state index < -0.39 is 30.4 Å². The van der Waals surface area contributed by atoms with Crippen LogP contribution in [0.2, 0.25) is 10.0 Å². The van der Waals surface area contributed by atoms with Gasteiger partial charge in [0.1, 0.15) is 34.6 Å². The summed E-state index contributed by atoms with van der Waals surface area (Å²) in [7, 11) is 2.13. The van der Waals surface area contributed by atoms with Gasteiger partial charge in [-0.3, -0.25) is 0 Å². The van der Waals surface area contributed by atoms with Crippen LogP contribution in [0, 0.1) is 27.1 Å². The average molecular weight is 915 g/mol. The van der Waals surface area contributed by atoms with Crippen LogP contribution >= 0.6 is 45.8 Å². The zero-order valence-electron chi connectivity index (χ0n) is 28.9. The van der Waals surface area contributed by atoms with E-state index in [2.05, 4.69) is 40.5 Å². The number of nitrogens with zero attached hydrogens (tertiary/aromatic N) is 8. The third-order valence-electron chi connectivity index (χ3n) is 7.73. The van der Waals surface area contributed by atoms with Gasteiger partial charge in [0, 0.05) is 52.3 Å². The highest BCUT2D eigenvalue weighted by Crippen LogP contribution is 2.30. The van der Waals surface area contributed by atoms with Gasteiger partial charge in [0.25, 0.3) is 0 Å². The van der Waals surface area contributed by atoms with Gasteiger partial charge in [-0.2, -0.15) is 0 Å². The van der Waals surface area contributed by atoms with Crippen LogP contribution < -0.4 is 16.1 Å². The number of hydrogen-bond donors (Lipinski definition) is 4. The number of anilines is 4. The van der Waals surface area contributed by atoms with Crippen molar-refractivity contribution >= 4 is 104 Å². The Morgan fingerprint density at radius 1 is 0.625 bits per heavy atom. The van der Waals surface area contributed by atoms with Crippen LogP contribution in [0.5, 0.6) is 0 Å². The summed E-state index contributed by atoms with van der Waals surface area (Å²) in [6.45, 7) is 0. The van der Waals surface area contributed by atoms with E-state index in [4.69, 9.17) is 33.2 Å². The third kappa shape index (κ3) is 9.33. The molecule has 0 saturated heterocycles. The SMILES string of the molecule is Cn1cnc2c(Nc3c(F)cccc3F)nc(-c3cccc(Cl)c3)nc21.Cn1cnc2c(Nc3c(F)cccc3F)nc(I)nc21.OB(O)c1cccc(Cl)c1. The van der Waals surface area contributed by atoms with Crippen molar-refractivity contribution in [2.24, 2.45) is 14.1 Å². The van der Waals surface area contributed by atoms with E-state index in [1.54, 1.807) is 78.3 Å². The summed E-state index contributed by atoms with van der Waals surface area (Å²) in [5.74, 6) is -2.00. The highest BCUT2D eigenvalue weighted by atomic mass is 127. The summed E-state index contributed by atoms with van der Waals surface area (Å²) in [5, 5.41) is 23.7. The minimum absolute atomic E-state index is 0.203. The predicted molar refractivity (Wildman–Crippen MR) is 216 cm³/mol. The second kappa shape index (κ2) is 17.6. The molecule has 0 aliphatic carbocycles. The Labute approximate surface area is 339 Å². The maximum absolute atomic E-state index is 14.0. The summed E-state index contributed by atoms with van der Waals surface area (Å²) in [6.07, 6.45) is 3.13. The molecule has 284 valence electrons. The first-order chi connectivity index (χ1) is 26.8. The summed E-state index contributed by atoms with van der Waals surface area (Å²) in [5.41, 5.74) is 2.50. The van der Waals surface area contributed by atoms with Crippen molar-refractivity contribution in [1.82, 2.24) is 39.0 Å². The highest BCUT2D eigenvalue weighted by Gasteiger charge is 2.18. The van der Waals surface area contributed by atoms with Crippen molar-refractivity contribution in [3.8, 4) is 11.4 Å². The number of aromatic nitrogens is 8. The van der Waals surface area contributed by atoms with Crippen LogP contribution in [0.3, 0.4) is 0 Å². The first-order valence-corrected chi connectivity index (χ1v) is 18.0. The van der Waals surface area contributed by atoms with Gasteiger partial charge in [0.2, 0.25) is 0 Å². The first kappa shape index (κ1) is 40.3. The fourth-order valence-corrected chi connectivity index (χ4v) is 5.92. The van der Waals surface area contributed by atoms with Crippen LogP contribution in [-0.4, -0.2) is 56.2 Å². The molecule has 8 aromatic rings. The smallest absolute Gasteiger partial charge is 0.423 e. The van der Waals surface area contributed by atoms with Crippen molar-refractivity contribution in [3.05, 3.63) is 135 Å². The van der Waals surface area contributed by atoms with Crippen molar-refractivity contribution in [2.45, 2.75) is 0 Å². The molecule has 56 heavy (non-hydrogen) atoms. The van der Waals surface area contributed by atoms with E-state index in [1.807, 2.05) is 22.6 Å². The van der Waals surface area contributed by atoms with Gasteiger partial charge < -0.3 is 29.8 Å². The van der Waals surface area contributed by atoms with Crippen LogP contribution in [0.1, 0.15) is 0 Å². The largest absolute Gasteiger partial charge is 0.488 e. The summed E-state index contributed by atoms with van der Waals surface area (Å²) < 4.78 is 59.3. The lowest BCUT2D eigenvalue weighted by atomic mass is 9.81. The molecule has 12 nitrogen and oxygen atoms in total. The van der Waals surface area contributed by atoms with Gasteiger partial charge in [-0.1, -0.05) is 59.6 Å². The molecule has 8 rings (SSSR count). The molecule has 4 N–H and O–H groups in total. The van der Waals surface area contributed by atoms with Crippen LogP contribution in [0.4, 0.5) is 40.6 Å². The molecule has 0 aliphatic rings. The Bertz CT molecular complexity index is 2650. The number of benzene rings is 4. The van der Waals surface area contributed by atoms with E-state index in [0.717, 1.165) is 0 Å².